The van der Waals surface area contributed by atoms with Crippen molar-refractivity contribution < 1.29 is 9.72 Å². The molecule has 0 saturated heterocycles. The fraction of sp³-hybridized carbons (Fsp3) is 0.174. The molecule has 0 fully saturated rings. The van der Waals surface area contributed by atoms with Crippen molar-refractivity contribution >= 4 is 33.2 Å². The molecule has 33 heavy (non-hydrogen) atoms. The molecular formula is C23H21BrN6O3. The number of carbonyl (C=O) groups excluding carboxylic acids is 1. The lowest BCUT2D eigenvalue weighted by Gasteiger charge is -2.10. The molecule has 0 radical (unpaired) electrons. The first-order chi connectivity index (χ1) is 15.8. The minimum atomic E-state index is -0.491. The predicted octanol–water partition coefficient (Wildman–Crippen LogP) is 4.72. The van der Waals surface area contributed by atoms with Gasteiger partial charge >= 0.3 is 5.69 Å². The molecular weight excluding hydrogens is 488 g/mol. The van der Waals surface area contributed by atoms with E-state index in [0.717, 1.165) is 27.0 Å². The topological polar surface area (TPSA) is 108 Å². The minimum absolute atomic E-state index is 0.0726. The summed E-state index contributed by atoms with van der Waals surface area (Å²) in [5.41, 5.74) is 4.90. The highest BCUT2D eigenvalue weighted by Crippen LogP contribution is 2.21. The fourth-order valence-electron chi connectivity index (χ4n) is 3.48. The number of hydrogen-bond donors (Lipinski definition) is 1. The second kappa shape index (κ2) is 9.37. The molecule has 2 aromatic heterocycles. The summed E-state index contributed by atoms with van der Waals surface area (Å²) in [6, 6.07) is 14.7. The summed E-state index contributed by atoms with van der Waals surface area (Å²) in [6.07, 6.45) is 2.56. The van der Waals surface area contributed by atoms with Crippen molar-refractivity contribution in [2.24, 2.45) is 0 Å². The molecule has 2 aromatic carbocycles. The van der Waals surface area contributed by atoms with Crippen LogP contribution in [0.1, 0.15) is 32.9 Å². The van der Waals surface area contributed by atoms with Crippen molar-refractivity contribution in [2.75, 3.05) is 5.32 Å². The van der Waals surface area contributed by atoms with Gasteiger partial charge in [-0.3, -0.25) is 24.3 Å². The molecule has 4 rings (SSSR count). The molecule has 0 atom stereocenters. The molecule has 0 spiro atoms. The van der Waals surface area contributed by atoms with Gasteiger partial charge in [-0.1, -0.05) is 24.3 Å². The number of hydrogen-bond acceptors (Lipinski definition) is 5. The van der Waals surface area contributed by atoms with Crippen molar-refractivity contribution in [3.8, 4) is 0 Å². The molecule has 0 unspecified atom stereocenters. The Kier molecular flexibility index (Phi) is 6.36. The van der Waals surface area contributed by atoms with Crippen LogP contribution in [-0.4, -0.2) is 30.4 Å². The van der Waals surface area contributed by atoms with Crippen LogP contribution in [-0.2, 0) is 13.1 Å². The van der Waals surface area contributed by atoms with Crippen molar-refractivity contribution in [3.63, 3.8) is 0 Å². The van der Waals surface area contributed by atoms with Crippen LogP contribution >= 0.6 is 15.9 Å². The lowest BCUT2D eigenvalue weighted by molar-refractivity contribution is -0.385. The maximum atomic E-state index is 12.8. The third-order valence-corrected chi connectivity index (χ3v) is 6.32. The lowest BCUT2D eigenvalue weighted by atomic mass is 10.1. The molecule has 168 valence electrons. The zero-order chi connectivity index (χ0) is 23.5. The molecule has 9 nitrogen and oxygen atoms in total. The number of aromatic nitrogens is 4. The number of halogens is 1. The first-order valence-electron chi connectivity index (χ1n) is 10.2. The Morgan fingerprint density at radius 1 is 1.12 bits per heavy atom. The van der Waals surface area contributed by atoms with Crippen LogP contribution in [0.25, 0.3) is 0 Å². The Balaban J connectivity index is 1.46. The van der Waals surface area contributed by atoms with Crippen LogP contribution in [0.3, 0.4) is 0 Å². The predicted molar refractivity (Wildman–Crippen MR) is 127 cm³/mol. The van der Waals surface area contributed by atoms with E-state index in [9.17, 15) is 14.9 Å². The molecule has 0 aliphatic rings. The summed E-state index contributed by atoms with van der Waals surface area (Å²) < 4.78 is 4.39. The number of nitro groups is 1. The average Bonchev–Trinajstić information content (AvgIpc) is 3.35. The maximum Gasteiger partial charge on any atom is 0.307 e. The van der Waals surface area contributed by atoms with Gasteiger partial charge in [-0.2, -0.15) is 10.2 Å². The number of aryl methyl sites for hydroxylation is 1. The number of amides is 1. The van der Waals surface area contributed by atoms with Crippen LogP contribution in [0.15, 0.2) is 65.4 Å². The number of anilines is 1. The van der Waals surface area contributed by atoms with Crippen LogP contribution in [0.4, 0.5) is 11.4 Å². The van der Waals surface area contributed by atoms with Crippen molar-refractivity contribution in [1.82, 2.24) is 19.6 Å². The highest BCUT2D eigenvalue weighted by atomic mass is 79.9. The lowest BCUT2D eigenvalue weighted by Crippen LogP contribution is -2.13. The van der Waals surface area contributed by atoms with Gasteiger partial charge in [0.15, 0.2) is 0 Å². The summed E-state index contributed by atoms with van der Waals surface area (Å²) in [5, 5.41) is 22.3. The average molecular weight is 509 g/mol. The molecule has 0 bridgehead atoms. The second-order valence-electron chi connectivity index (χ2n) is 7.65. The number of rotatable bonds is 7. The van der Waals surface area contributed by atoms with Gasteiger partial charge in [-0.25, -0.2) is 0 Å². The standard InChI is InChI=1S/C23H21BrN6O3/c1-15-22(24)16(2)29(27-15)13-18-6-4-8-20(10-18)26-23(31)19-7-3-5-17(9-19)12-28-14-21(11-25-28)30(32)33/h3-11,14H,12-13H2,1-2H3,(H,26,31). The molecule has 1 amide bonds. The Labute approximate surface area is 198 Å². The zero-order valence-electron chi connectivity index (χ0n) is 18.0. The summed E-state index contributed by atoms with van der Waals surface area (Å²) >= 11 is 3.54. The summed E-state index contributed by atoms with van der Waals surface area (Å²) in [7, 11) is 0. The largest absolute Gasteiger partial charge is 0.322 e. The Morgan fingerprint density at radius 2 is 1.85 bits per heavy atom. The molecule has 10 heteroatoms. The van der Waals surface area contributed by atoms with Crippen molar-refractivity contribution in [3.05, 3.63) is 104 Å². The number of nitrogens with zero attached hydrogens (tertiary/aromatic N) is 5. The highest BCUT2D eigenvalue weighted by Gasteiger charge is 2.12. The number of nitrogens with one attached hydrogen (secondary N) is 1. The van der Waals surface area contributed by atoms with E-state index >= 15 is 0 Å². The molecule has 4 aromatic rings. The van der Waals surface area contributed by atoms with E-state index in [-0.39, 0.29) is 11.6 Å². The third kappa shape index (κ3) is 5.17. The molecule has 1 N–H and O–H groups in total. The first kappa shape index (κ1) is 22.4. The van der Waals surface area contributed by atoms with Gasteiger partial charge in [0.1, 0.15) is 12.4 Å². The van der Waals surface area contributed by atoms with Crippen LogP contribution in [0.2, 0.25) is 0 Å². The highest BCUT2D eigenvalue weighted by molar-refractivity contribution is 9.10. The zero-order valence-corrected chi connectivity index (χ0v) is 19.6. The molecule has 0 aliphatic carbocycles. The Bertz CT molecular complexity index is 1340. The summed E-state index contributed by atoms with van der Waals surface area (Å²) in [6.45, 7) is 4.87. The monoisotopic (exact) mass is 508 g/mol. The van der Waals surface area contributed by atoms with E-state index in [1.54, 1.807) is 18.2 Å². The van der Waals surface area contributed by atoms with E-state index in [1.807, 2.05) is 48.9 Å². The normalized spacial score (nSPS) is 10.9. The van der Waals surface area contributed by atoms with Crippen LogP contribution in [0, 0.1) is 24.0 Å². The van der Waals surface area contributed by atoms with E-state index < -0.39 is 4.92 Å². The van der Waals surface area contributed by atoms with Gasteiger partial charge < -0.3 is 5.32 Å². The Hall–Kier alpha value is -3.79. The summed E-state index contributed by atoms with van der Waals surface area (Å²) in [4.78, 5) is 23.2. The van der Waals surface area contributed by atoms with Crippen molar-refractivity contribution in [2.45, 2.75) is 26.9 Å². The third-order valence-electron chi connectivity index (χ3n) is 5.17. The van der Waals surface area contributed by atoms with Gasteiger partial charge in [0.2, 0.25) is 0 Å². The SMILES string of the molecule is Cc1nn(Cc2cccc(NC(=O)c3cccc(Cn4cc([N+](=O)[O-])cn4)c3)c2)c(C)c1Br. The van der Waals surface area contributed by atoms with Gasteiger partial charge in [-0.05, 0) is 65.2 Å². The minimum Gasteiger partial charge on any atom is -0.322 e. The first-order valence-corrected chi connectivity index (χ1v) is 10.9. The molecule has 0 saturated carbocycles. The maximum absolute atomic E-state index is 12.8. The quantitative estimate of drug-likeness (QED) is 0.287. The summed E-state index contributed by atoms with van der Waals surface area (Å²) in [5.74, 6) is -0.241. The number of benzene rings is 2. The van der Waals surface area contributed by atoms with Gasteiger partial charge in [-0.15, -0.1) is 0 Å². The number of carbonyl (C=O) groups is 1. The molecule has 0 aliphatic heterocycles. The Morgan fingerprint density at radius 3 is 2.52 bits per heavy atom. The van der Waals surface area contributed by atoms with E-state index in [0.29, 0.717) is 24.3 Å². The van der Waals surface area contributed by atoms with E-state index in [2.05, 4.69) is 31.4 Å². The fourth-order valence-corrected chi connectivity index (χ4v) is 3.77. The van der Waals surface area contributed by atoms with E-state index in [4.69, 9.17) is 0 Å². The second-order valence-corrected chi connectivity index (χ2v) is 8.44. The van der Waals surface area contributed by atoms with Crippen molar-refractivity contribution in [1.29, 1.82) is 0 Å². The van der Waals surface area contributed by atoms with Crippen LogP contribution in [0.5, 0.6) is 0 Å². The van der Waals surface area contributed by atoms with Gasteiger partial charge in [0.05, 0.1) is 33.9 Å². The molecule has 2 heterocycles. The van der Waals surface area contributed by atoms with Crippen LogP contribution < -0.4 is 5.32 Å². The van der Waals surface area contributed by atoms with E-state index in [1.165, 1.54) is 17.1 Å². The smallest absolute Gasteiger partial charge is 0.307 e. The van der Waals surface area contributed by atoms with Gasteiger partial charge in [0.25, 0.3) is 5.91 Å². The van der Waals surface area contributed by atoms with Gasteiger partial charge in [0, 0.05) is 11.3 Å².